The summed E-state index contributed by atoms with van der Waals surface area (Å²) in [5.41, 5.74) is 0.473. The van der Waals surface area contributed by atoms with Gasteiger partial charge in [-0.25, -0.2) is 8.78 Å². The Morgan fingerprint density at radius 2 is 2.11 bits per heavy atom. The summed E-state index contributed by atoms with van der Waals surface area (Å²) in [6, 6.07) is 8.81. The number of aromatic nitrogens is 2. The van der Waals surface area contributed by atoms with Crippen LogP contribution >= 0.6 is 11.6 Å². The number of alkyl halides is 1. The van der Waals surface area contributed by atoms with Crippen molar-refractivity contribution >= 4 is 39.1 Å². The van der Waals surface area contributed by atoms with Gasteiger partial charge in [-0.05, 0) is 61.4 Å². The van der Waals surface area contributed by atoms with Crippen LogP contribution in [-0.2, 0) is 0 Å². The fourth-order valence-corrected chi connectivity index (χ4v) is 9.10. The number of hydrogen-bond donors (Lipinski definition) is 2. The normalized spacial score (nSPS) is 28.2. The number of piperazine rings is 1. The second-order valence-electron chi connectivity index (χ2n) is 13.4. The lowest BCUT2D eigenvalue weighted by molar-refractivity contribution is 0.107. The third-order valence-electron chi connectivity index (χ3n) is 10.8. The summed E-state index contributed by atoms with van der Waals surface area (Å²) in [7, 11) is 0. The highest BCUT2D eigenvalue weighted by Gasteiger charge is 2.50. The van der Waals surface area contributed by atoms with Gasteiger partial charge in [-0.2, -0.15) is 9.97 Å². The number of nitrogens with one attached hydrogen (secondary N) is 1. The van der Waals surface area contributed by atoms with E-state index in [4.69, 9.17) is 32.5 Å². The number of halogens is 3. The molecule has 0 amide bonds. The first kappa shape index (κ1) is 28.3. The lowest BCUT2D eigenvalue weighted by atomic mass is 9.93. The quantitative estimate of drug-likeness (QED) is 0.279. The van der Waals surface area contributed by atoms with Gasteiger partial charge in [-0.1, -0.05) is 29.7 Å². The standard InChI is InChI=1S/C35H32ClF2N5O3/c1-2-18-5-3-6-19-11-22(44)12-23(26(18)19)27-29(36)32-28-31(30(27)38)40-34(46-17-35-9-4-10-42(35)14-20(37)13-35)41-33(28)43-15-21-7-8-24(39-21)25(43)16-45-32/h1,3,5-6,11-12,20-21,24-25,39,44H,4,7-10,13-17H2/t20-,21?,24?,25?,35+/m1/s1. The zero-order chi connectivity index (χ0) is 31.3. The number of anilines is 1. The molecule has 8 nitrogen and oxygen atoms in total. The topological polar surface area (TPSA) is 83.0 Å². The lowest BCUT2D eigenvalue weighted by Gasteiger charge is -2.40. The Balaban J connectivity index is 1.27. The highest BCUT2D eigenvalue weighted by atomic mass is 35.5. The Morgan fingerprint density at radius 1 is 1.22 bits per heavy atom. The second kappa shape index (κ2) is 10.3. The molecular formula is C35H32ClF2N5O3. The summed E-state index contributed by atoms with van der Waals surface area (Å²) in [6.45, 7) is 2.41. The van der Waals surface area contributed by atoms with E-state index in [1.54, 1.807) is 24.3 Å². The van der Waals surface area contributed by atoms with Gasteiger partial charge in [0.1, 0.15) is 36.5 Å². The number of phenols is 1. The van der Waals surface area contributed by atoms with E-state index in [0.717, 1.165) is 32.2 Å². The number of fused-ring (bicyclic) bond motifs is 7. The van der Waals surface area contributed by atoms with Crippen molar-refractivity contribution in [1.82, 2.24) is 20.2 Å². The number of nitrogens with zero attached hydrogens (tertiary/aromatic N) is 4. The first-order valence-electron chi connectivity index (χ1n) is 16.0. The fraction of sp³-hybridized carbons (Fsp3) is 0.429. The largest absolute Gasteiger partial charge is 0.508 e. The number of benzene rings is 3. The molecule has 3 aromatic carbocycles. The van der Waals surface area contributed by atoms with E-state index in [0.29, 0.717) is 59.2 Å². The predicted octanol–water partition coefficient (Wildman–Crippen LogP) is 5.59. The van der Waals surface area contributed by atoms with Crippen LogP contribution in [0.15, 0.2) is 30.3 Å². The highest BCUT2D eigenvalue weighted by Crippen LogP contribution is 2.51. The van der Waals surface area contributed by atoms with E-state index in [-0.39, 0.29) is 58.3 Å². The van der Waals surface area contributed by atoms with E-state index in [1.165, 1.54) is 6.07 Å². The molecular weight excluding hydrogens is 612 g/mol. The SMILES string of the molecule is C#Cc1cccc2cc(O)cc(-c3c(Cl)c4c5c(nc(OC[C@@]67CCCN6C[C@H](F)C7)nc5c3F)N3CC5CCC(N5)C3CO4)c12. The molecule has 9 rings (SSSR count). The summed E-state index contributed by atoms with van der Waals surface area (Å²) in [6.07, 6.45) is 9.18. The molecule has 5 aliphatic heterocycles. The van der Waals surface area contributed by atoms with Gasteiger partial charge in [-0.15, -0.1) is 6.42 Å². The van der Waals surface area contributed by atoms with Gasteiger partial charge < -0.3 is 24.8 Å². The van der Waals surface area contributed by atoms with E-state index in [9.17, 15) is 9.50 Å². The van der Waals surface area contributed by atoms with Crippen molar-refractivity contribution in [1.29, 1.82) is 0 Å². The molecule has 0 radical (unpaired) electrons. The van der Waals surface area contributed by atoms with Crippen LogP contribution in [-0.4, -0.2) is 82.7 Å². The molecule has 0 aliphatic carbocycles. The molecule has 5 atom stereocenters. The Hall–Kier alpha value is -3.91. The number of phenolic OH excluding ortho intramolecular Hbond substituents is 1. The van der Waals surface area contributed by atoms with Gasteiger partial charge >= 0.3 is 6.01 Å². The molecule has 4 fully saturated rings. The smallest absolute Gasteiger partial charge is 0.319 e. The summed E-state index contributed by atoms with van der Waals surface area (Å²) in [5.74, 6) is 2.74. The van der Waals surface area contributed by atoms with Crippen molar-refractivity contribution in [3.63, 3.8) is 0 Å². The molecule has 3 unspecified atom stereocenters. The van der Waals surface area contributed by atoms with Crippen LogP contribution < -0.4 is 19.7 Å². The molecule has 2 bridgehead atoms. The van der Waals surface area contributed by atoms with Crippen molar-refractivity contribution in [2.24, 2.45) is 0 Å². The first-order valence-corrected chi connectivity index (χ1v) is 16.3. The van der Waals surface area contributed by atoms with Crippen molar-refractivity contribution in [2.45, 2.75) is 61.9 Å². The molecule has 46 heavy (non-hydrogen) atoms. The van der Waals surface area contributed by atoms with E-state index in [1.807, 2.05) is 0 Å². The fourth-order valence-electron chi connectivity index (χ4n) is 8.76. The maximum atomic E-state index is 17.2. The molecule has 5 aliphatic rings. The van der Waals surface area contributed by atoms with Crippen LogP contribution in [0, 0.1) is 18.2 Å². The summed E-state index contributed by atoms with van der Waals surface area (Å²) in [4.78, 5) is 13.9. The minimum Gasteiger partial charge on any atom is -0.508 e. The molecule has 2 N–H and O–H groups in total. The van der Waals surface area contributed by atoms with E-state index < -0.39 is 17.5 Å². The Bertz CT molecular complexity index is 1990. The molecule has 1 aromatic heterocycles. The average molecular weight is 644 g/mol. The molecule has 4 aromatic rings. The highest BCUT2D eigenvalue weighted by molar-refractivity contribution is 6.37. The van der Waals surface area contributed by atoms with Crippen molar-refractivity contribution < 1.29 is 23.4 Å². The van der Waals surface area contributed by atoms with Crippen LogP contribution in [0.4, 0.5) is 14.6 Å². The molecule has 236 valence electrons. The molecule has 4 saturated heterocycles. The summed E-state index contributed by atoms with van der Waals surface area (Å²) in [5, 5.41) is 16.1. The van der Waals surface area contributed by atoms with Crippen molar-refractivity contribution in [3.8, 4) is 41.0 Å². The Kier molecular flexibility index (Phi) is 6.34. The predicted molar refractivity (Wildman–Crippen MR) is 172 cm³/mol. The zero-order valence-electron chi connectivity index (χ0n) is 25.0. The third-order valence-corrected chi connectivity index (χ3v) is 11.1. The van der Waals surface area contributed by atoms with Crippen LogP contribution in [0.25, 0.3) is 32.8 Å². The number of aromatic hydroxyl groups is 1. The minimum absolute atomic E-state index is 0.00572. The zero-order valence-corrected chi connectivity index (χ0v) is 25.8. The number of hydrogen-bond acceptors (Lipinski definition) is 8. The molecule has 6 heterocycles. The van der Waals surface area contributed by atoms with E-state index >= 15 is 4.39 Å². The first-order chi connectivity index (χ1) is 22.3. The Labute approximate surface area is 269 Å². The van der Waals surface area contributed by atoms with Crippen LogP contribution in [0.1, 0.15) is 37.7 Å². The maximum Gasteiger partial charge on any atom is 0.319 e. The van der Waals surface area contributed by atoms with Crippen molar-refractivity contribution in [2.75, 3.05) is 37.7 Å². The van der Waals surface area contributed by atoms with Crippen molar-refractivity contribution in [3.05, 3.63) is 46.7 Å². The van der Waals surface area contributed by atoms with Gasteiger partial charge in [0.05, 0.1) is 22.0 Å². The van der Waals surface area contributed by atoms with Gasteiger partial charge in [0.2, 0.25) is 0 Å². The van der Waals surface area contributed by atoms with Crippen LogP contribution in [0.5, 0.6) is 17.5 Å². The lowest BCUT2D eigenvalue weighted by Crippen LogP contribution is -2.60. The summed E-state index contributed by atoms with van der Waals surface area (Å²) >= 11 is 7.13. The van der Waals surface area contributed by atoms with Gasteiger partial charge in [0.25, 0.3) is 0 Å². The van der Waals surface area contributed by atoms with E-state index in [2.05, 4.69) is 26.0 Å². The van der Waals surface area contributed by atoms with Crippen LogP contribution in [0.3, 0.4) is 0 Å². The summed E-state index contributed by atoms with van der Waals surface area (Å²) < 4.78 is 44.6. The second-order valence-corrected chi connectivity index (χ2v) is 13.7. The maximum absolute atomic E-state index is 17.2. The number of ether oxygens (including phenoxy) is 2. The third kappa shape index (κ3) is 4.11. The Morgan fingerprint density at radius 3 is 2.98 bits per heavy atom. The average Bonchev–Trinajstić information content (AvgIpc) is 3.67. The minimum atomic E-state index is -0.907. The van der Waals surface area contributed by atoms with Gasteiger partial charge in [0.15, 0.2) is 11.6 Å². The van der Waals surface area contributed by atoms with Gasteiger partial charge in [0, 0.05) is 48.1 Å². The van der Waals surface area contributed by atoms with Gasteiger partial charge in [-0.3, -0.25) is 4.90 Å². The number of terminal acetylenes is 1. The van der Waals surface area contributed by atoms with Crippen LogP contribution in [0.2, 0.25) is 5.02 Å². The molecule has 0 saturated carbocycles. The molecule has 11 heteroatoms. The molecule has 0 spiro atoms. The number of rotatable bonds is 4. The monoisotopic (exact) mass is 643 g/mol.